The molecule has 0 amide bonds. The van der Waals surface area contributed by atoms with Crippen LogP contribution >= 0.6 is 0 Å². The molecule has 0 bridgehead atoms. The van der Waals surface area contributed by atoms with Gasteiger partial charge < -0.3 is 11.1 Å². The highest BCUT2D eigenvalue weighted by molar-refractivity contribution is 7.89. The van der Waals surface area contributed by atoms with E-state index < -0.39 is 10.0 Å². The first-order valence-electron chi connectivity index (χ1n) is 5.97. The minimum absolute atomic E-state index is 0.0453. The van der Waals surface area contributed by atoms with E-state index in [4.69, 9.17) is 10.9 Å². The smallest absolute Gasteiger partial charge is 0.240 e. The third-order valence-corrected chi connectivity index (χ3v) is 3.92. The number of primary sulfonamides is 1. The van der Waals surface area contributed by atoms with E-state index in [2.05, 4.69) is 10.3 Å². The van der Waals surface area contributed by atoms with Crippen LogP contribution in [0.3, 0.4) is 0 Å². The fourth-order valence-electron chi connectivity index (χ4n) is 1.89. The van der Waals surface area contributed by atoms with Crippen LogP contribution in [0, 0.1) is 0 Å². The number of nitrogen functional groups attached to an aromatic ring is 1. The van der Waals surface area contributed by atoms with Crippen molar-refractivity contribution in [1.82, 2.24) is 4.98 Å². The Morgan fingerprint density at radius 2 is 1.85 bits per heavy atom. The predicted octanol–water partition coefficient (Wildman–Crippen LogP) is 1.48. The zero-order chi connectivity index (χ0) is 14.8. The van der Waals surface area contributed by atoms with Gasteiger partial charge in [0.15, 0.2) is 0 Å². The summed E-state index contributed by atoms with van der Waals surface area (Å²) < 4.78 is 22.8. The van der Waals surface area contributed by atoms with E-state index in [0.717, 1.165) is 5.56 Å². The second-order valence-corrected chi connectivity index (χ2v) is 5.94. The molecule has 1 unspecified atom stereocenters. The molecule has 20 heavy (non-hydrogen) atoms. The largest absolute Gasteiger partial charge is 0.396 e. The maximum atomic E-state index is 11.4. The van der Waals surface area contributed by atoms with Gasteiger partial charge in [-0.1, -0.05) is 6.07 Å². The van der Waals surface area contributed by atoms with E-state index in [1.54, 1.807) is 24.5 Å². The lowest BCUT2D eigenvalue weighted by atomic mass is 10.1. The van der Waals surface area contributed by atoms with Crippen LogP contribution in [0.1, 0.15) is 18.5 Å². The monoisotopic (exact) mass is 292 g/mol. The first kappa shape index (κ1) is 14.3. The zero-order valence-electron chi connectivity index (χ0n) is 10.9. The third kappa shape index (κ3) is 3.06. The predicted molar refractivity (Wildman–Crippen MR) is 78.5 cm³/mol. The van der Waals surface area contributed by atoms with Gasteiger partial charge in [0, 0.05) is 18.4 Å². The molecule has 0 saturated carbocycles. The fraction of sp³-hybridized carbons (Fsp3) is 0.154. The van der Waals surface area contributed by atoms with Crippen LogP contribution in [0.4, 0.5) is 11.4 Å². The number of aromatic nitrogens is 1. The minimum Gasteiger partial charge on any atom is -0.396 e. The van der Waals surface area contributed by atoms with Gasteiger partial charge in [-0.2, -0.15) is 0 Å². The summed E-state index contributed by atoms with van der Waals surface area (Å²) in [6.45, 7) is 1.94. The molecule has 0 radical (unpaired) electrons. The first-order valence-corrected chi connectivity index (χ1v) is 7.52. The molecule has 2 aromatic rings. The molecule has 0 aliphatic rings. The fourth-order valence-corrected chi connectivity index (χ4v) is 2.57. The second-order valence-electron chi connectivity index (χ2n) is 4.41. The zero-order valence-corrected chi connectivity index (χ0v) is 11.8. The van der Waals surface area contributed by atoms with Crippen molar-refractivity contribution in [3.8, 4) is 0 Å². The van der Waals surface area contributed by atoms with E-state index in [-0.39, 0.29) is 16.6 Å². The molecule has 1 atom stereocenters. The molecule has 106 valence electrons. The number of para-hydroxylation sites is 1. The molecular weight excluding hydrogens is 276 g/mol. The quantitative estimate of drug-likeness (QED) is 0.739. The van der Waals surface area contributed by atoms with Gasteiger partial charge in [-0.15, -0.1) is 0 Å². The maximum absolute atomic E-state index is 11.4. The van der Waals surface area contributed by atoms with Gasteiger partial charge in [0.1, 0.15) is 4.90 Å². The summed E-state index contributed by atoms with van der Waals surface area (Å²) in [5, 5.41) is 8.29. The number of sulfonamides is 1. The van der Waals surface area contributed by atoms with E-state index in [1.807, 2.05) is 19.1 Å². The van der Waals surface area contributed by atoms with Crippen molar-refractivity contribution >= 4 is 21.4 Å². The highest BCUT2D eigenvalue weighted by Gasteiger charge is 2.16. The molecule has 0 saturated heterocycles. The van der Waals surface area contributed by atoms with Crippen molar-refractivity contribution in [3.63, 3.8) is 0 Å². The highest BCUT2D eigenvalue weighted by Crippen LogP contribution is 2.28. The Labute approximate surface area is 117 Å². The molecular formula is C13H16N4O2S. The number of pyridine rings is 1. The van der Waals surface area contributed by atoms with E-state index >= 15 is 0 Å². The van der Waals surface area contributed by atoms with Crippen LogP contribution in [-0.2, 0) is 10.0 Å². The Hall–Kier alpha value is -2.12. The lowest BCUT2D eigenvalue weighted by Gasteiger charge is -2.18. The Morgan fingerprint density at radius 3 is 2.45 bits per heavy atom. The van der Waals surface area contributed by atoms with Gasteiger partial charge in [-0.3, -0.25) is 4.98 Å². The van der Waals surface area contributed by atoms with Crippen LogP contribution in [-0.4, -0.2) is 13.4 Å². The number of hydrogen-bond acceptors (Lipinski definition) is 5. The number of nitrogens with one attached hydrogen (secondary N) is 1. The summed E-state index contributed by atoms with van der Waals surface area (Å²) >= 11 is 0. The first-order chi connectivity index (χ1) is 9.39. The average Bonchev–Trinajstić information content (AvgIpc) is 2.40. The Kier molecular flexibility index (Phi) is 3.91. The van der Waals surface area contributed by atoms with E-state index in [1.165, 1.54) is 6.07 Å². The number of nitrogens with two attached hydrogens (primary N) is 2. The number of rotatable bonds is 4. The van der Waals surface area contributed by atoms with Crippen molar-refractivity contribution < 1.29 is 8.42 Å². The number of nitrogens with zero attached hydrogens (tertiary/aromatic N) is 1. The van der Waals surface area contributed by atoms with Crippen molar-refractivity contribution in [2.45, 2.75) is 17.9 Å². The topological polar surface area (TPSA) is 111 Å². The van der Waals surface area contributed by atoms with Crippen LogP contribution in [0.25, 0.3) is 0 Å². The Bertz CT molecular complexity index is 702. The molecule has 6 nitrogen and oxygen atoms in total. The molecule has 0 aliphatic carbocycles. The highest BCUT2D eigenvalue weighted by atomic mass is 32.2. The van der Waals surface area contributed by atoms with Gasteiger partial charge in [0.05, 0.1) is 11.4 Å². The van der Waals surface area contributed by atoms with Crippen molar-refractivity contribution in [3.05, 3.63) is 48.3 Å². The SMILES string of the molecule is CC(Nc1cccc(S(N)(=O)=O)c1N)c1ccncc1. The standard InChI is InChI=1S/C13H16N4O2S/c1-9(10-5-7-16-8-6-10)17-11-3-2-4-12(13(11)14)20(15,18)19/h2-9,17H,14H2,1H3,(H2,15,18,19). The van der Waals surface area contributed by atoms with Crippen molar-refractivity contribution in [2.24, 2.45) is 5.14 Å². The minimum atomic E-state index is -3.83. The van der Waals surface area contributed by atoms with Gasteiger partial charge in [-0.25, -0.2) is 13.6 Å². The van der Waals surface area contributed by atoms with Gasteiger partial charge >= 0.3 is 0 Å². The molecule has 1 aromatic heterocycles. The average molecular weight is 292 g/mol. The van der Waals surface area contributed by atoms with Crippen LogP contribution in [0.2, 0.25) is 0 Å². The molecule has 7 heteroatoms. The molecule has 0 fully saturated rings. The van der Waals surface area contributed by atoms with Crippen molar-refractivity contribution in [2.75, 3.05) is 11.1 Å². The Morgan fingerprint density at radius 1 is 1.20 bits per heavy atom. The lowest BCUT2D eigenvalue weighted by molar-refractivity contribution is 0.598. The number of hydrogen-bond donors (Lipinski definition) is 3. The molecule has 1 aromatic carbocycles. The van der Waals surface area contributed by atoms with Gasteiger partial charge in [-0.05, 0) is 36.8 Å². The summed E-state index contributed by atoms with van der Waals surface area (Å²) in [4.78, 5) is 3.87. The Balaban J connectivity index is 2.31. The number of benzene rings is 1. The van der Waals surface area contributed by atoms with Gasteiger partial charge in [0.2, 0.25) is 10.0 Å². The summed E-state index contributed by atoms with van der Waals surface area (Å²) in [6.07, 6.45) is 3.38. The second kappa shape index (κ2) is 5.48. The third-order valence-electron chi connectivity index (χ3n) is 2.95. The molecule has 5 N–H and O–H groups in total. The molecule has 2 rings (SSSR count). The lowest BCUT2D eigenvalue weighted by Crippen LogP contribution is -2.16. The molecule has 1 heterocycles. The van der Waals surface area contributed by atoms with Crippen LogP contribution < -0.4 is 16.2 Å². The summed E-state index contributed by atoms with van der Waals surface area (Å²) in [6, 6.07) is 8.39. The van der Waals surface area contributed by atoms with Gasteiger partial charge in [0.25, 0.3) is 0 Å². The summed E-state index contributed by atoms with van der Waals surface area (Å²) in [5.41, 5.74) is 7.53. The normalized spacial score (nSPS) is 12.9. The van der Waals surface area contributed by atoms with Crippen LogP contribution in [0.5, 0.6) is 0 Å². The molecule has 0 aliphatic heterocycles. The maximum Gasteiger partial charge on any atom is 0.240 e. The van der Waals surface area contributed by atoms with Crippen LogP contribution in [0.15, 0.2) is 47.6 Å². The van der Waals surface area contributed by atoms with Crippen molar-refractivity contribution in [1.29, 1.82) is 0 Å². The molecule has 0 spiro atoms. The summed E-state index contributed by atoms with van der Waals surface area (Å²) in [7, 11) is -3.83. The van der Waals surface area contributed by atoms with E-state index in [9.17, 15) is 8.42 Å². The van der Waals surface area contributed by atoms with E-state index in [0.29, 0.717) is 5.69 Å². The summed E-state index contributed by atoms with van der Waals surface area (Å²) in [5.74, 6) is 0. The number of anilines is 2.